The van der Waals surface area contributed by atoms with E-state index < -0.39 is 29.8 Å². The van der Waals surface area contributed by atoms with Crippen LogP contribution < -0.4 is 5.32 Å². The van der Waals surface area contributed by atoms with E-state index in [0.717, 1.165) is 17.4 Å². The normalized spacial score (nSPS) is 17.5. The molecule has 30 heavy (non-hydrogen) atoms. The Balaban J connectivity index is 1.89. The van der Waals surface area contributed by atoms with Crippen LogP contribution in [-0.4, -0.2) is 54.0 Å². The van der Waals surface area contributed by atoms with Crippen LogP contribution >= 0.6 is 0 Å². The van der Waals surface area contributed by atoms with Crippen LogP contribution in [0.5, 0.6) is 0 Å². The number of nitrogens with one attached hydrogen (secondary N) is 1. The van der Waals surface area contributed by atoms with Crippen LogP contribution in [0.2, 0.25) is 0 Å². The number of nitrogens with zero attached hydrogens (tertiary/aromatic N) is 1. The van der Waals surface area contributed by atoms with Crippen molar-refractivity contribution in [3.8, 4) is 0 Å². The van der Waals surface area contributed by atoms with E-state index in [-0.39, 0.29) is 12.3 Å². The fraction of sp³-hybridized carbons (Fsp3) is 0.500. The standard InChI is InChI=1S/C22H28N2O6/c1-22(2,3)30-21(27)24-13-14(15-8-5-6-9-17(15)24)12-16(20(26)28-4)23-19(25)18-10-7-11-29-18/h5-6,8-9,13,16,18H,7,10-12H2,1-4H3,(H,23,25)/t16-,18-/m1/s1. The minimum atomic E-state index is -0.899. The van der Waals surface area contributed by atoms with Gasteiger partial charge in [0, 0.05) is 24.6 Å². The Kier molecular flexibility index (Phi) is 6.45. The number of para-hydroxylation sites is 1. The minimum Gasteiger partial charge on any atom is -0.467 e. The van der Waals surface area contributed by atoms with Gasteiger partial charge in [-0.05, 0) is 45.2 Å². The second kappa shape index (κ2) is 8.87. The number of rotatable bonds is 5. The SMILES string of the molecule is COC(=O)[C@@H](Cc1cn(C(=O)OC(C)(C)C)c2ccccc12)NC(=O)[C@H]1CCCO1. The number of methoxy groups -OCH3 is 1. The number of benzene rings is 1. The molecule has 1 fully saturated rings. The summed E-state index contributed by atoms with van der Waals surface area (Å²) < 4.78 is 17.2. The lowest BCUT2D eigenvalue weighted by atomic mass is 10.0. The first-order valence-electron chi connectivity index (χ1n) is 10.0. The molecule has 1 aromatic heterocycles. The third-order valence-corrected chi connectivity index (χ3v) is 4.83. The lowest BCUT2D eigenvalue weighted by molar-refractivity contribution is -0.146. The number of aromatic nitrogens is 1. The maximum absolute atomic E-state index is 12.7. The second-order valence-electron chi connectivity index (χ2n) is 8.31. The van der Waals surface area contributed by atoms with Gasteiger partial charge in [0.1, 0.15) is 17.7 Å². The molecule has 1 aliphatic heterocycles. The Hall–Kier alpha value is -2.87. The third-order valence-electron chi connectivity index (χ3n) is 4.83. The first-order chi connectivity index (χ1) is 14.2. The fourth-order valence-electron chi connectivity index (χ4n) is 3.48. The van der Waals surface area contributed by atoms with Gasteiger partial charge in [0.2, 0.25) is 5.91 Å². The Morgan fingerprint density at radius 3 is 2.63 bits per heavy atom. The van der Waals surface area contributed by atoms with Crippen molar-refractivity contribution in [3.63, 3.8) is 0 Å². The van der Waals surface area contributed by atoms with Gasteiger partial charge < -0.3 is 19.5 Å². The average molecular weight is 416 g/mol. The molecular formula is C22H28N2O6. The van der Waals surface area contributed by atoms with Crippen molar-refractivity contribution in [1.29, 1.82) is 0 Å². The molecule has 0 unspecified atom stereocenters. The highest BCUT2D eigenvalue weighted by atomic mass is 16.6. The molecule has 8 nitrogen and oxygen atoms in total. The van der Waals surface area contributed by atoms with Gasteiger partial charge in [-0.15, -0.1) is 0 Å². The van der Waals surface area contributed by atoms with Crippen molar-refractivity contribution in [2.24, 2.45) is 0 Å². The van der Waals surface area contributed by atoms with Crippen LogP contribution in [0.3, 0.4) is 0 Å². The molecule has 162 valence electrons. The molecule has 3 rings (SSSR count). The smallest absolute Gasteiger partial charge is 0.419 e. The summed E-state index contributed by atoms with van der Waals surface area (Å²) in [6, 6.07) is 6.44. The molecule has 0 bridgehead atoms. The maximum atomic E-state index is 12.7. The van der Waals surface area contributed by atoms with Gasteiger partial charge in [-0.25, -0.2) is 9.59 Å². The number of ether oxygens (including phenoxy) is 3. The van der Waals surface area contributed by atoms with Gasteiger partial charge in [-0.3, -0.25) is 9.36 Å². The van der Waals surface area contributed by atoms with Crippen LogP contribution in [-0.2, 0) is 30.2 Å². The number of hydrogen-bond donors (Lipinski definition) is 1. The van der Waals surface area contributed by atoms with Gasteiger partial charge in [-0.2, -0.15) is 0 Å². The van der Waals surface area contributed by atoms with Gasteiger partial charge in [0.25, 0.3) is 0 Å². The Labute approximate surface area is 175 Å². The van der Waals surface area contributed by atoms with E-state index in [4.69, 9.17) is 14.2 Å². The van der Waals surface area contributed by atoms with Gasteiger partial charge in [0.05, 0.1) is 12.6 Å². The molecule has 0 aliphatic carbocycles. The van der Waals surface area contributed by atoms with Crippen molar-refractivity contribution in [3.05, 3.63) is 36.0 Å². The van der Waals surface area contributed by atoms with Crippen molar-refractivity contribution in [1.82, 2.24) is 9.88 Å². The molecule has 1 amide bonds. The van der Waals surface area contributed by atoms with E-state index in [1.54, 1.807) is 33.0 Å². The largest absolute Gasteiger partial charge is 0.467 e. The Morgan fingerprint density at radius 2 is 2.00 bits per heavy atom. The van der Waals surface area contributed by atoms with E-state index in [1.165, 1.54) is 11.7 Å². The van der Waals surface area contributed by atoms with Gasteiger partial charge in [-0.1, -0.05) is 18.2 Å². The number of fused-ring (bicyclic) bond motifs is 1. The van der Waals surface area contributed by atoms with E-state index in [2.05, 4.69) is 5.32 Å². The van der Waals surface area contributed by atoms with Crippen LogP contribution in [0.15, 0.2) is 30.5 Å². The number of amides is 1. The molecule has 1 aliphatic rings. The average Bonchev–Trinajstić information content (AvgIpc) is 3.34. The molecule has 1 saturated heterocycles. The topological polar surface area (TPSA) is 95.9 Å². The summed E-state index contributed by atoms with van der Waals surface area (Å²) in [5.74, 6) is -0.894. The molecule has 1 aromatic carbocycles. The molecule has 8 heteroatoms. The Bertz CT molecular complexity index is 937. The molecule has 1 N–H and O–H groups in total. The predicted octanol–water partition coefficient (Wildman–Crippen LogP) is 2.80. The molecule has 0 radical (unpaired) electrons. The number of esters is 1. The molecular weight excluding hydrogens is 388 g/mol. The molecule has 2 heterocycles. The summed E-state index contributed by atoms with van der Waals surface area (Å²) in [6.45, 7) is 5.92. The zero-order valence-electron chi connectivity index (χ0n) is 17.8. The van der Waals surface area contributed by atoms with E-state index >= 15 is 0 Å². The van der Waals surface area contributed by atoms with Crippen LogP contribution in [0.4, 0.5) is 4.79 Å². The highest BCUT2D eigenvalue weighted by Gasteiger charge is 2.30. The first kappa shape index (κ1) is 21.8. The lowest BCUT2D eigenvalue weighted by Crippen LogP contribution is -2.47. The maximum Gasteiger partial charge on any atom is 0.419 e. The molecule has 2 atom stereocenters. The van der Waals surface area contributed by atoms with Crippen molar-refractivity contribution in [2.45, 2.75) is 57.8 Å². The molecule has 2 aromatic rings. The first-order valence-corrected chi connectivity index (χ1v) is 10.0. The molecule has 0 spiro atoms. The number of carbonyl (C=O) groups is 3. The Morgan fingerprint density at radius 1 is 1.27 bits per heavy atom. The lowest BCUT2D eigenvalue weighted by Gasteiger charge is -2.20. The summed E-state index contributed by atoms with van der Waals surface area (Å²) >= 11 is 0. The summed E-state index contributed by atoms with van der Waals surface area (Å²) in [5.41, 5.74) is 0.738. The highest BCUT2D eigenvalue weighted by Crippen LogP contribution is 2.24. The zero-order valence-corrected chi connectivity index (χ0v) is 17.8. The predicted molar refractivity (Wildman–Crippen MR) is 110 cm³/mol. The van der Waals surface area contributed by atoms with Gasteiger partial charge in [0.15, 0.2) is 0 Å². The zero-order chi connectivity index (χ0) is 21.9. The van der Waals surface area contributed by atoms with Crippen molar-refractivity contribution in [2.75, 3.05) is 13.7 Å². The summed E-state index contributed by atoms with van der Waals surface area (Å²) in [4.78, 5) is 37.5. The third kappa shape index (κ3) is 4.99. The quantitative estimate of drug-likeness (QED) is 0.753. The summed E-state index contributed by atoms with van der Waals surface area (Å²) in [7, 11) is 1.28. The summed E-state index contributed by atoms with van der Waals surface area (Å²) in [5, 5.41) is 3.53. The van der Waals surface area contributed by atoms with E-state index in [9.17, 15) is 14.4 Å². The van der Waals surface area contributed by atoms with Crippen molar-refractivity contribution < 1.29 is 28.6 Å². The van der Waals surface area contributed by atoms with E-state index in [1.807, 2.05) is 18.2 Å². The van der Waals surface area contributed by atoms with Crippen LogP contribution in [0.25, 0.3) is 10.9 Å². The minimum absolute atomic E-state index is 0.168. The monoisotopic (exact) mass is 416 g/mol. The summed E-state index contributed by atoms with van der Waals surface area (Å²) in [6.07, 6.45) is 2.18. The molecule has 0 saturated carbocycles. The van der Waals surface area contributed by atoms with Gasteiger partial charge >= 0.3 is 12.1 Å². The number of carbonyl (C=O) groups excluding carboxylic acids is 3. The van der Waals surface area contributed by atoms with Crippen LogP contribution in [0.1, 0.15) is 39.2 Å². The number of hydrogen-bond acceptors (Lipinski definition) is 6. The highest BCUT2D eigenvalue weighted by molar-refractivity contribution is 5.93. The fourth-order valence-corrected chi connectivity index (χ4v) is 3.48. The van der Waals surface area contributed by atoms with Crippen molar-refractivity contribution >= 4 is 28.9 Å². The van der Waals surface area contributed by atoms with E-state index in [0.29, 0.717) is 18.5 Å². The second-order valence-corrected chi connectivity index (χ2v) is 8.31. The van der Waals surface area contributed by atoms with Crippen LogP contribution in [0, 0.1) is 0 Å².